The molecule has 0 saturated carbocycles. The lowest BCUT2D eigenvalue weighted by atomic mass is 10.1. The third-order valence-corrected chi connectivity index (χ3v) is 6.62. The van der Waals surface area contributed by atoms with E-state index in [-0.39, 0.29) is 17.4 Å². The lowest BCUT2D eigenvalue weighted by molar-refractivity contribution is 0.0526. The molecule has 0 radical (unpaired) electrons. The van der Waals surface area contributed by atoms with Crippen LogP contribution in [0.4, 0.5) is 5.69 Å². The van der Waals surface area contributed by atoms with E-state index in [9.17, 15) is 18.0 Å². The molecule has 30 heavy (non-hydrogen) atoms. The molecule has 1 fully saturated rings. The Labute approximate surface area is 175 Å². The normalized spacial score (nSPS) is 14.9. The van der Waals surface area contributed by atoms with Crippen LogP contribution in [0.15, 0.2) is 47.4 Å². The Morgan fingerprint density at radius 1 is 1.07 bits per heavy atom. The highest BCUT2D eigenvalue weighted by molar-refractivity contribution is 7.89. The second-order valence-electron chi connectivity index (χ2n) is 6.75. The summed E-state index contributed by atoms with van der Waals surface area (Å²) in [5, 5.41) is 2.78. The summed E-state index contributed by atoms with van der Waals surface area (Å²) >= 11 is 0. The molecule has 1 saturated heterocycles. The minimum atomic E-state index is -3.61. The second-order valence-corrected chi connectivity index (χ2v) is 8.68. The molecule has 0 spiro atoms. The van der Waals surface area contributed by atoms with Gasteiger partial charge in [-0.25, -0.2) is 13.2 Å². The number of amides is 1. The molecule has 0 aliphatic carbocycles. The van der Waals surface area contributed by atoms with Gasteiger partial charge in [-0.05, 0) is 61.9 Å². The first-order valence-electron chi connectivity index (χ1n) is 9.60. The SMILES string of the molecule is CCOC(=O)c1ccc(NC(=O)c2ccc(S(=O)(=O)N3CCOCC3)cc2)c(C)c1. The smallest absolute Gasteiger partial charge is 0.338 e. The molecule has 2 aromatic rings. The number of nitrogens with zero attached hydrogens (tertiary/aromatic N) is 1. The molecule has 1 aliphatic rings. The molecular formula is C21H24N2O6S. The Balaban J connectivity index is 1.71. The van der Waals surface area contributed by atoms with Gasteiger partial charge in [-0.1, -0.05) is 0 Å². The number of nitrogens with one attached hydrogen (secondary N) is 1. The molecule has 1 N–H and O–H groups in total. The topological polar surface area (TPSA) is 102 Å². The van der Waals surface area contributed by atoms with Crippen molar-refractivity contribution >= 4 is 27.6 Å². The van der Waals surface area contributed by atoms with Gasteiger partial charge in [0.05, 0.1) is 30.3 Å². The first kappa shape index (κ1) is 21.9. The lowest BCUT2D eigenvalue weighted by Crippen LogP contribution is -2.40. The van der Waals surface area contributed by atoms with Crippen LogP contribution in [0, 0.1) is 6.92 Å². The van der Waals surface area contributed by atoms with E-state index >= 15 is 0 Å². The maximum Gasteiger partial charge on any atom is 0.338 e. The monoisotopic (exact) mass is 432 g/mol. The number of sulfonamides is 1. The molecule has 0 unspecified atom stereocenters. The molecule has 3 rings (SSSR count). The third-order valence-electron chi connectivity index (χ3n) is 4.71. The number of anilines is 1. The van der Waals surface area contributed by atoms with Gasteiger partial charge in [-0.15, -0.1) is 0 Å². The standard InChI is InChI=1S/C21H24N2O6S/c1-3-29-21(25)17-6-9-19(15(2)14-17)22-20(24)16-4-7-18(8-5-16)30(26,27)23-10-12-28-13-11-23/h4-9,14H,3,10-13H2,1-2H3,(H,22,24). The fourth-order valence-corrected chi connectivity index (χ4v) is 4.46. The van der Waals surface area contributed by atoms with Crippen molar-refractivity contribution in [1.82, 2.24) is 4.31 Å². The van der Waals surface area contributed by atoms with Crippen molar-refractivity contribution in [3.05, 3.63) is 59.2 Å². The molecular weight excluding hydrogens is 408 g/mol. The summed E-state index contributed by atoms with van der Waals surface area (Å²) in [5.74, 6) is -0.798. The zero-order chi connectivity index (χ0) is 21.7. The number of esters is 1. The fraction of sp³-hybridized carbons (Fsp3) is 0.333. The largest absolute Gasteiger partial charge is 0.462 e. The first-order valence-corrected chi connectivity index (χ1v) is 11.0. The third kappa shape index (κ3) is 4.86. The quantitative estimate of drug-likeness (QED) is 0.704. The summed E-state index contributed by atoms with van der Waals surface area (Å²) in [6, 6.07) is 10.7. The van der Waals surface area contributed by atoms with Crippen LogP contribution >= 0.6 is 0 Å². The number of hydrogen-bond acceptors (Lipinski definition) is 6. The zero-order valence-electron chi connectivity index (χ0n) is 16.9. The van der Waals surface area contributed by atoms with Crippen LogP contribution in [-0.2, 0) is 19.5 Å². The van der Waals surface area contributed by atoms with Crippen LogP contribution in [0.2, 0.25) is 0 Å². The number of carbonyl (C=O) groups is 2. The van der Waals surface area contributed by atoms with E-state index in [1.807, 2.05) is 0 Å². The van der Waals surface area contributed by atoms with Gasteiger partial charge in [0, 0.05) is 24.3 Å². The highest BCUT2D eigenvalue weighted by Crippen LogP contribution is 2.20. The fourth-order valence-electron chi connectivity index (χ4n) is 3.05. The predicted octanol–water partition coefficient (Wildman–Crippen LogP) is 2.44. The van der Waals surface area contributed by atoms with E-state index in [0.29, 0.717) is 48.7 Å². The molecule has 160 valence electrons. The van der Waals surface area contributed by atoms with Crippen LogP contribution in [0.1, 0.15) is 33.2 Å². The molecule has 0 atom stereocenters. The van der Waals surface area contributed by atoms with Crippen LogP contribution in [0.3, 0.4) is 0 Å². The van der Waals surface area contributed by atoms with Crippen molar-refractivity contribution in [3.63, 3.8) is 0 Å². The number of rotatable bonds is 6. The molecule has 1 amide bonds. The Morgan fingerprint density at radius 2 is 1.70 bits per heavy atom. The average Bonchev–Trinajstić information content (AvgIpc) is 2.76. The van der Waals surface area contributed by atoms with E-state index in [0.717, 1.165) is 0 Å². The number of hydrogen-bond donors (Lipinski definition) is 1. The van der Waals surface area contributed by atoms with E-state index in [1.165, 1.54) is 28.6 Å². The van der Waals surface area contributed by atoms with Crippen molar-refractivity contribution in [2.24, 2.45) is 0 Å². The molecule has 1 aliphatic heterocycles. The van der Waals surface area contributed by atoms with Crippen molar-refractivity contribution < 1.29 is 27.5 Å². The zero-order valence-corrected chi connectivity index (χ0v) is 17.7. The van der Waals surface area contributed by atoms with E-state index in [4.69, 9.17) is 9.47 Å². The summed E-state index contributed by atoms with van der Waals surface area (Å²) in [5.41, 5.74) is 1.99. The Kier molecular flexibility index (Phi) is 6.86. The summed E-state index contributed by atoms with van der Waals surface area (Å²) in [6.45, 7) is 5.15. The van der Waals surface area contributed by atoms with E-state index in [1.54, 1.807) is 32.0 Å². The lowest BCUT2D eigenvalue weighted by Gasteiger charge is -2.26. The van der Waals surface area contributed by atoms with Crippen LogP contribution in [0.25, 0.3) is 0 Å². The van der Waals surface area contributed by atoms with Crippen molar-refractivity contribution in [3.8, 4) is 0 Å². The summed E-state index contributed by atoms with van der Waals surface area (Å²) < 4.78 is 36.9. The molecule has 0 bridgehead atoms. The van der Waals surface area contributed by atoms with Gasteiger partial charge in [-0.3, -0.25) is 4.79 Å². The van der Waals surface area contributed by atoms with E-state index < -0.39 is 16.0 Å². The van der Waals surface area contributed by atoms with Gasteiger partial charge in [-0.2, -0.15) is 4.31 Å². The van der Waals surface area contributed by atoms with Gasteiger partial charge >= 0.3 is 5.97 Å². The van der Waals surface area contributed by atoms with Gasteiger partial charge < -0.3 is 14.8 Å². The Hall–Kier alpha value is -2.75. The first-order chi connectivity index (χ1) is 14.3. The summed E-state index contributed by atoms with van der Waals surface area (Å²) in [7, 11) is -3.61. The maximum absolute atomic E-state index is 12.7. The summed E-state index contributed by atoms with van der Waals surface area (Å²) in [6.07, 6.45) is 0. The molecule has 8 nitrogen and oxygen atoms in total. The molecule has 9 heteroatoms. The van der Waals surface area contributed by atoms with Crippen LogP contribution in [0.5, 0.6) is 0 Å². The number of ether oxygens (including phenoxy) is 2. The number of aryl methyl sites for hydroxylation is 1. The maximum atomic E-state index is 12.7. The predicted molar refractivity (Wildman–Crippen MR) is 111 cm³/mol. The van der Waals surface area contributed by atoms with Crippen LogP contribution < -0.4 is 5.32 Å². The van der Waals surface area contributed by atoms with E-state index in [2.05, 4.69) is 5.32 Å². The highest BCUT2D eigenvalue weighted by atomic mass is 32.2. The van der Waals surface area contributed by atoms with Gasteiger partial charge in [0.25, 0.3) is 5.91 Å². The number of morpholine rings is 1. The highest BCUT2D eigenvalue weighted by Gasteiger charge is 2.26. The molecule has 0 aromatic heterocycles. The number of benzene rings is 2. The molecule has 1 heterocycles. The number of carbonyl (C=O) groups excluding carboxylic acids is 2. The minimum absolute atomic E-state index is 0.135. The Bertz CT molecular complexity index is 1030. The van der Waals surface area contributed by atoms with Crippen LogP contribution in [-0.4, -0.2) is 57.5 Å². The van der Waals surface area contributed by atoms with Gasteiger partial charge in [0.2, 0.25) is 10.0 Å². The minimum Gasteiger partial charge on any atom is -0.462 e. The van der Waals surface area contributed by atoms with Gasteiger partial charge in [0.15, 0.2) is 0 Å². The second kappa shape index (κ2) is 9.38. The molecule has 2 aromatic carbocycles. The average molecular weight is 432 g/mol. The van der Waals surface area contributed by atoms with Crippen molar-refractivity contribution in [1.29, 1.82) is 0 Å². The summed E-state index contributed by atoms with van der Waals surface area (Å²) in [4.78, 5) is 24.5. The van der Waals surface area contributed by atoms with Crippen molar-refractivity contribution in [2.45, 2.75) is 18.7 Å². The van der Waals surface area contributed by atoms with Gasteiger partial charge in [0.1, 0.15) is 0 Å². The Morgan fingerprint density at radius 3 is 2.30 bits per heavy atom. The van der Waals surface area contributed by atoms with Crippen molar-refractivity contribution in [2.75, 3.05) is 38.2 Å².